The molecule has 1 aliphatic rings. The van der Waals surface area contributed by atoms with Crippen LogP contribution in [0.5, 0.6) is 5.75 Å². The Bertz CT molecular complexity index is 1480. The first kappa shape index (κ1) is 28.2. The molecule has 11 heteroatoms. The Labute approximate surface area is 239 Å². The molecule has 1 aliphatic heterocycles. The van der Waals surface area contributed by atoms with E-state index < -0.39 is 11.8 Å². The summed E-state index contributed by atoms with van der Waals surface area (Å²) < 4.78 is 11.2. The molecule has 5 rings (SSSR count). The molecule has 0 bridgehead atoms. The van der Waals surface area contributed by atoms with E-state index >= 15 is 0 Å². The van der Waals surface area contributed by atoms with Gasteiger partial charge in [-0.1, -0.05) is 6.07 Å². The van der Waals surface area contributed by atoms with E-state index in [9.17, 15) is 4.79 Å². The van der Waals surface area contributed by atoms with E-state index in [0.717, 1.165) is 53.4 Å². The molecule has 3 N–H and O–H groups in total. The first-order valence-corrected chi connectivity index (χ1v) is 13.8. The van der Waals surface area contributed by atoms with Gasteiger partial charge in [-0.15, -0.1) is 5.06 Å². The number of hydroxylamine groups is 2. The summed E-state index contributed by atoms with van der Waals surface area (Å²) in [6, 6.07) is 17.8. The maximum atomic E-state index is 11.9. The van der Waals surface area contributed by atoms with Gasteiger partial charge in [0.2, 0.25) is 5.95 Å². The van der Waals surface area contributed by atoms with Crippen LogP contribution < -0.4 is 15.4 Å². The van der Waals surface area contributed by atoms with Crippen LogP contribution in [-0.4, -0.2) is 76.0 Å². The fourth-order valence-electron chi connectivity index (χ4n) is 4.50. The second kappa shape index (κ2) is 12.4. The average Bonchev–Trinajstić information content (AvgIpc) is 3.28. The van der Waals surface area contributed by atoms with E-state index in [4.69, 9.17) is 14.3 Å². The normalized spacial score (nSPS) is 14.5. The molecule has 11 nitrogen and oxygen atoms in total. The van der Waals surface area contributed by atoms with E-state index in [-0.39, 0.29) is 0 Å². The van der Waals surface area contributed by atoms with Gasteiger partial charge in [-0.2, -0.15) is 4.98 Å². The van der Waals surface area contributed by atoms with Crippen LogP contribution in [0.4, 0.5) is 27.9 Å². The highest BCUT2D eigenvalue weighted by atomic mass is 16.8. The molecule has 41 heavy (non-hydrogen) atoms. The number of aromatic amines is 1. The number of aromatic nitrogens is 3. The van der Waals surface area contributed by atoms with E-state index in [1.165, 1.54) is 0 Å². The lowest BCUT2D eigenvalue weighted by atomic mass is 10.2. The van der Waals surface area contributed by atoms with Crippen molar-refractivity contribution in [2.75, 3.05) is 50.0 Å². The maximum Gasteiger partial charge on any atom is 0.528 e. The Morgan fingerprint density at radius 3 is 2.61 bits per heavy atom. The predicted octanol–water partition coefficient (Wildman–Crippen LogP) is 5.62. The molecule has 0 saturated carbocycles. The fraction of sp³-hybridized carbons (Fsp3) is 0.367. The fourth-order valence-corrected chi connectivity index (χ4v) is 4.50. The Hall–Kier alpha value is -4.35. The number of piperazine rings is 1. The molecule has 0 unspecified atom stereocenters. The Morgan fingerprint density at radius 1 is 1.00 bits per heavy atom. The molecule has 0 spiro atoms. The number of aryl methyl sites for hydroxylation is 1. The van der Waals surface area contributed by atoms with Crippen molar-refractivity contribution in [3.8, 4) is 5.75 Å². The molecule has 0 radical (unpaired) electrons. The lowest BCUT2D eigenvalue weighted by Crippen LogP contribution is -2.48. The number of fused-ring (bicyclic) bond motifs is 1. The Balaban J connectivity index is 1.08. The largest absolute Gasteiger partial charge is 0.528 e. The van der Waals surface area contributed by atoms with Crippen LogP contribution in [-0.2, 0) is 9.57 Å². The first-order valence-electron chi connectivity index (χ1n) is 13.8. The number of benzene rings is 2. The number of ether oxygens (including phenoxy) is 2. The minimum atomic E-state index is -0.666. The van der Waals surface area contributed by atoms with Gasteiger partial charge in [0.15, 0.2) is 0 Å². The quantitative estimate of drug-likeness (QED) is 0.223. The van der Waals surface area contributed by atoms with Crippen molar-refractivity contribution in [3.05, 3.63) is 66.5 Å². The van der Waals surface area contributed by atoms with Crippen LogP contribution in [0.25, 0.3) is 10.9 Å². The molecule has 1 fully saturated rings. The summed E-state index contributed by atoms with van der Waals surface area (Å²) in [6.45, 7) is 11.6. The highest BCUT2D eigenvalue weighted by Crippen LogP contribution is 2.24. The molecule has 1 saturated heterocycles. The third-order valence-corrected chi connectivity index (χ3v) is 6.37. The molecule has 216 valence electrons. The van der Waals surface area contributed by atoms with Crippen LogP contribution in [0.2, 0.25) is 0 Å². The molecular weight excluding hydrogens is 522 g/mol. The number of hydrogen-bond acceptors (Lipinski definition) is 10. The Morgan fingerprint density at radius 2 is 1.80 bits per heavy atom. The number of carbonyl (C=O) groups is 1. The SMILES string of the molecule is Cc1cc2cc(Nc3ccnc(Nc4cccc(OCCN5CCN(OC(=O)OC(C)(C)C)CC5)c4)n3)ccc2[nH]1. The number of anilines is 4. The van der Waals surface area contributed by atoms with Gasteiger partial charge in [-0.3, -0.25) is 4.90 Å². The summed E-state index contributed by atoms with van der Waals surface area (Å²) in [5.41, 5.74) is 3.44. The van der Waals surface area contributed by atoms with Gasteiger partial charge in [0.25, 0.3) is 0 Å². The number of hydrogen-bond donors (Lipinski definition) is 3. The van der Waals surface area contributed by atoms with Crippen LogP contribution in [0.1, 0.15) is 26.5 Å². The Kier molecular flexibility index (Phi) is 8.55. The minimum Gasteiger partial charge on any atom is -0.492 e. The van der Waals surface area contributed by atoms with Gasteiger partial charge >= 0.3 is 6.16 Å². The molecule has 0 aliphatic carbocycles. The molecule has 2 aromatic carbocycles. The van der Waals surface area contributed by atoms with Crippen LogP contribution in [0.15, 0.2) is 60.8 Å². The standard InChI is InChI=1S/C30H37N7O4/c1-21-18-22-19-24(8-9-26(22)32-21)33-27-10-11-31-28(35-27)34-23-6-5-7-25(20-23)39-17-16-36-12-14-37(15-13-36)41-29(38)40-30(2,3)4/h5-11,18-20,32H,12-17H2,1-4H3,(H2,31,33,34,35). The van der Waals surface area contributed by atoms with Gasteiger partial charge in [0.1, 0.15) is 23.8 Å². The molecule has 0 atom stereocenters. The van der Waals surface area contributed by atoms with Gasteiger partial charge in [-0.05, 0) is 70.2 Å². The van der Waals surface area contributed by atoms with Crippen molar-refractivity contribution in [2.45, 2.75) is 33.3 Å². The number of rotatable bonds is 9. The zero-order chi connectivity index (χ0) is 28.8. The molecule has 3 heterocycles. The average molecular weight is 560 g/mol. The van der Waals surface area contributed by atoms with Crippen LogP contribution in [0, 0.1) is 6.92 Å². The van der Waals surface area contributed by atoms with E-state index in [2.05, 4.69) is 48.7 Å². The number of carbonyl (C=O) groups excluding carboxylic acids is 1. The van der Waals surface area contributed by atoms with Crippen molar-refractivity contribution in [2.24, 2.45) is 0 Å². The van der Waals surface area contributed by atoms with Crippen molar-refractivity contribution < 1.29 is 19.1 Å². The second-order valence-corrected chi connectivity index (χ2v) is 11.0. The number of nitrogens with zero attached hydrogens (tertiary/aromatic N) is 4. The topological polar surface area (TPSA) is 117 Å². The molecule has 4 aromatic rings. The smallest absolute Gasteiger partial charge is 0.492 e. The third-order valence-electron chi connectivity index (χ3n) is 6.37. The van der Waals surface area contributed by atoms with Crippen molar-refractivity contribution in [1.29, 1.82) is 0 Å². The maximum absolute atomic E-state index is 11.9. The zero-order valence-corrected chi connectivity index (χ0v) is 23.9. The van der Waals surface area contributed by atoms with E-state index in [1.54, 1.807) is 11.3 Å². The van der Waals surface area contributed by atoms with E-state index in [1.807, 2.05) is 64.1 Å². The predicted molar refractivity (Wildman–Crippen MR) is 159 cm³/mol. The van der Waals surface area contributed by atoms with Crippen molar-refractivity contribution in [3.63, 3.8) is 0 Å². The summed E-state index contributed by atoms with van der Waals surface area (Å²) in [5.74, 6) is 1.93. The van der Waals surface area contributed by atoms with Gasteiger partial charge < -0.3 is 29.9 Å². The lowest BCUT2D eigenvalue weighted by Gasteiger charge is -2.33. The number of H-pyrrole nitrogens is 1. The lowest BCUT2D eigenvalue weighted by molar-refractivity contribution is -0.158. The highest BCUT2D eigenvalue weighted by Gasteiger charge is 2.24. The zero-order valence-electron chi connectivity index (χ0n) is 23.9. The molecule has 2 aromatic heterocycles. The van der Waals surface area contributed by atoms with E-state index in [0.29, 0.717) is 31.5 Å². The van der Waals surface area contributed by atoms with Crippen LogP contribution >= 0.6 is 0 Å². The van der Waals surface area contributed by atoms with Crippen LogP contribution in [0.3, 0.4) is 0 Å². The molecular formula is C30H37N7O4. The number of nitrogens with one attached hydrogen (secondary N) is 3. The summed E-state index contributed by atoms with van der Waals surface area (Å²) >= 11 is 0. The monoisotopic (exact) mass is 559 g/mol. The van der Waals surface area contributed by atoms with Gasteiger partial charge in [0.05, 0.1) is 0 Å². The summed E-state index contributed by atoms with van der Waals surface area (Å²) in [7, 11) is 0. The van der Waals surface area contributed by atoms with Crippen molar-refractivity contribution >= 4 is 40.2 Å². The third kappa shape index (κ3) is 8.32. The summed E-state index contributed by atoms with van der Waals surface area (Å²) in [5, 5.41) is 9.41. The summed E-state index contributed by atoms with van der Waals surface area (Å²) in [4.78, 5) is 31.8. The van der Waals surface area contributed by atoms with Crippen molar-refractivity contribution in [1.82, 2.24) is 24.9 Å². The molecule has 0 amide bonds. The minimum absolute atomic E-state index is 0.484. The first-order chi connectivity index (χ1) is 19.7. The van der Waals surface area contributed by atoms with Gasteiger partial charge in [-0.25, -0.2) is 9.78 Å². The summed E-state index contributed by atoms with van der Waals surface area (Å²) in [6.07, 6.45) is 1.05. The van der Waals surface area contributed by atoms with Gasteiger partial charge in [0, 0.05) is 73.0 Å². The second-order valence-electron chi connectivity index (χ2n) is 11.0. The highest BCUT2D eigenvalue weighted by molar-refractivity contribution is 5.84.